The number of hydrogen-bond acceptors (Lipinski definition) is 4. The minimum absolute atomic E-state index is 0.0997. The van der Waals surface area contributed by atoms with Crippen LogP contribution in [0.15, 0.2) is 47.0 Å². The summed E-state index contributed by atoms with van der Waals surface area (Å²) in [6.07, 6.45) is 0.197. The van der Waals surface area contributed by atoms with Gasteiger partial charge in [0, 0.05) is 11.1 Å². The van der Waals surface area contributed by atoms with Gasteiger partial charge >= 0.3 is 0 Å². The Kier molecular flexibility index (Phi) is 3.64. The van der Waals surface area contributed by atoms with E-state index in [1.54, 1.807) is 0 Å². The summed E-state index contributed by atoms with van der Waals surface area (Å²) in [4.78, 5) is 16.3. The third-order valence-electron chi connectivity index (χ3n) is 3.19. The lowest BCUT2D eigenvalue weighted by Crippen LogP contribution is -2.25. The molecule has 3 rings (SSSR count). The number of aryl methyl sites for hydroxylation is 1. The minimum Gasteiger partial charge on any atom is -0.356 e. The predicted molar refractivity (Wildman–Crippen MR) is 78.5 cm³/mol. The summed E-state index contributed by atoms with van der Waals surface area (Å²) >= 11 is 0. The molecule has 5 heteroatoms. The number of benzene rings is 1. The van der Waals surface area contributed by atoms with Crippen LogP contribution >= 0.6 is 0 Å². The molecule has 2 heterocycles. The number of aromatic nitrogens is 2. The molecule has 3 aromatic rings. The standard InChI is InChI=1S/C16H15N3O2/c1-11-5-4-6-12(18-11)10-17-16(20)9-14-13-7-2-3-8-15(13)21-19-14/h2-8H,9-10H2,1H3,(H,17,20). The van der Waals surface area contributed by atoms with E-state index < -0.39 is 0 Å². The monoisotopic (exact) mass is 281 g/mol. The predicted octanol–water partition coefficient (Wildman–Crippen LogP) is 2.39. The van der Waals surface area contributed by atoms with Crippen molar-refractivity contribution in [3.63, 3.8) is 0 Å². The zero-order chi connectivity index (χ0) is 14.7. The minimum atomic E-state index is -0.0997. The lowest BCUT2D eigenvalue weighted by Gasteiger charge is -2.04. The first kappa shape index (κ1) is 13.3. The van der Waals surface area contributed by atoms with E-state index in [1.807, 2.05) is 49.4 Å². The fourth-order valence-electron chi connectivity index (χ4n) is 2.17. The molecule has 1 aromatic carbocycles. The van der Waals surface area contributed by atoms with E-state index in [1.165, 1.54) is 0 Å². The van der Waals surface area contributed by atoms with Gasteiger partial charge in [-0.05, 0) is 31.2 Å². The number of carbonyl (C=O) groups is 1. The van der Waals surface area contributed by atoms with Gasteiger partial charge in [-0.1, -0.05) is 23.4 Å². The molecule has 5 nitrogen and oxygen atoms in total. The van der Waals surface area contributed by atoms with Crippen LogP contribution in [0.2, 0.25) is 0 Å². The van der Waals surface area contributed by atoms with Crippen LogP contribution in [0.5, 0.6) is 0 Å². The Balaban J connectivity index is 1.64. The highest BCUT2D eigenvalue weighted by atomic mass is 16.5. The molecule has 0 unspecified atom stereocenters. The SMILES string of the molecule is Cc1cccc(CNC(=O)Cc2noc3ccccc23)n1. The van der Waals surface area contributed by atoms with Crippen molar-refractivity contribution < 1.29 is 9.32 Å². The van der Waals surface area contributed by atoms with Crippen LogP contribution in [0.3, 0.4) is 0 Å². The molecule has 0 saturated heterocycles. The molecule has 0 spiro atoms. The summed E-state index contributed by atoms with van der Waals surface area (Å²) in [5, 5.41) is 7.68. The van der Waals surface area contributed by atoms with Crippen LogP contribution < -0.4 is 5.32 Å². The second-order valence-corrected chi connectivity index (χ2v) is 4.85. The Morgan fingerprint density at radius 1 is 1.19 bits per heavy atom. The van der Waals surface area contributed by atoms with Crippen LogP contribution in [0.4, 0.5) is 0 Å². The van der Waals surface area contributed by atoms with Gasteiger partial charge in [0.1, 0.15) is 5.69 Å². The summed E-state index contributed by atoms with van der Waals surface area (Å²) in [5.74, 6) is -0.0997. The van der Waals surface area contributed by atoms with Gasteiger partial charge in [0.2, 0.25) is 5.91 Å². The van der Waals surface area contributed by atoms with Gasteiger partial charge in [-0.2, -0.15) is 0 Å². The highest BCUT2D eigenvalue weighted by Crippen LogP contribution is 2.17. The van der Waals surface area contributed by atoms with Gasteiger partial charge in [-0.25, -0.2) is 0 Å². The molecule has 0 fully saturated rings. The van der Waals surface area contributed by atoms with E-state index >= 15 is 0 Å². The summed E-state index contributed by atoms with van der Waals surface area (Å²) in [6.45, 7) is 2.34. The number of carbonyl (C=O) groups excluding carboxylic acids is 1. The van der Waals surface area contributed by atoms with Crippen LogP contribution in [0.25, 0.3) is 11.0 Å². The van der Waals surface area contributed by atoms with Crippen molar-refractivity contribution in [2.24, 2.45) is 0 Å². The molecule has 0 radical (unpaired) electrons. The van der Waals surface area contributed by atoms with Crippen molar-refractivity contribution in [1.82, 2.24) is 15.5 Å². The number of pyridine rings is 1. The number of nitrogens with one attached hydrogen (secondary N) is 1. The van der Waals surface area contributed by atoms with E-state index in [2.05, 4.69) is 15.5 Å². The molecule has 0 atom stereocenters. The van der Waals surface area contributed by atoms with Crippen molar-refractivity contribution in [3.8, 4) is 0 Å². The third-order valence-corrected chi connectivity index (χ3v) is 3.19. The molecule has 21 heavy (non-hydrogen) atoms. The molecule has 0 aliphatic carbocycles. The lowest BCUT2D eigenvalue weighted by atomic mass is 10.1. The van der Waals surface area contributed by atoms with E-state index in [0.29, 0.717) is 17.8 Å². The molecule has 2 aromatic heterocycles. The summed E-state index contributed by atoms with van der Waals surface area (Å²) in [6, 6.07) is 13.2. The Bertz CT molecular complexity index is 780. The maximum absolute atomic E-state index is 12.0. The largest absolute Gasteiger partial charge is 0.356 e. The van der Waals surface area contributed by atoms with Gasteiger partial charge < -0.3 is 9.84 Å². The van der Waals surface area contributed by atoms with E-state index in [4.69, 9.17) is 4.52 Å². The average molecular weight is 281 g/mol. The van der Waals surface area contributed by atoms with Crippen LogP contribution in [0, 0.1) is 6.92 Å². The maximum atomic E-state index is 12.0. The average Bonchev–Trinajstić information content (AvgIpc) is 2.89. The summed E-state index contributed by atoms with van der Waals surface area (Å²) in [7, 11) is 0. The first-order valence-corrected chi connectivity index (χ1v) is 6.75. The van der Waals surface area contributed by atoms with Crippen molar-refractivity contribution >= 4 is 16.9 Å². The normalized spacial score (nSPS) is 10.7. The maximum Gasteiger partial charge on any atom is 0.226 e. The Morgan fingerprint density at radius 3 is 2.90 bits per heavy atom. The van der Waals surface area contributed by atoms with Crippen molar-refractivity contribution in [1.29, 1.82) is 0 Å². The molecule has 0 aliphatic rings. The highest BCUT2D eigenvalue weighted by Gasteiger charge is 2.11. The van der Waals surface area contributed by atoms with Crippen molar-refractivity contribution in [2.45, 2.75) is 19.9 Å². The molecule has 0 bridgehead atoms. The zero-order valence-electron chi connectivity index (χ0n) is 11.7. The molecule has 1 N–H and O–H groups in total. The Hall–Kier alpha value is -2.69. The van der Waals surface area contributed by atoms with Gasteiger partial charge in [0.05, 0.1) is 18.7 Å². The molecular weight excluding hydrogens is 266 g/mol. The number of fused-ring (bicyclic) bond motifs is 1. The fourth-order valence-corrected chi connectivity index (χ4v) is 2.17. The topological polar surface area (TPSA) is 68.0 Å². The van der Waals surface area contributed by atoms with Crippen molar-refractivity contribution in [2.75, 3.05) is 0 Å². The second-order valence-electron chi connectivity index (χ2n) is 4.85. The number of para-hydroxylation sites is 1. The highest BCUT2D eigenvalue weighted by molar-refractivity contribution is 5.86. The third kappa shape index (κ3) is 3.08. The number of nitrogens with zero attached hydrogens (tertiary/aromatic N) is 2. The fraction of sp³-hybridized carbons (Fsp3) is 0.188. The number of amides is 1. The Labute approximate surface area is 122 Å². The smallest absolute Gasteiger partial charge is 0.226 e. The summed E-state index contributed by atoms with van der Waals surface area (Å²) < 4.78 is 5.19. The van der Waals surface area contributed by atoms with Gasteiger partial charge in [0.15, 0.2) is 5.58 Å². The first-order chi connectivity index (χ1) is 10.2. The van der Waals surface area contributed by atoms with Crippen molar-refractivity contribution in [3.05, 3.63) is 59.5 Å². The van der Waals surface area contributed by atoms with Crippen LogP contribution in [-0.2, 0) is 17.8 Å². The van der Waals surface area contributed by atoms with E-state index in [9.17, 15) is 4.79 Å². The molecule has 106 valence electrons. The summed E-state index contributed by atoms with van der Waals surface area (Å²) in [5.41, 5.74) is 3.12. The van der Waals surface area contributed by atoms with Gasteiger partial charge in [-0.15, -0.1) is 0 Å². The van der Waals surface area contributed by atoms with Gasteiger partial charge in [-0.3, -0.25) is 9.78 Å². The molecule has 0 saturated carbocycles. The van der Waals surface area contributed by atoms with E-state index in [0.717, 1.165) is 16.8 Å². The van der Waals surface area contributed by atoms with Crippen LogP contribution in [0.1, 0.15) is 17.1 Å². The zero-order valence-corrected chi connectivity index (χ0v) is 11.7. The molecule has 1 amide bonds. The van der Waals surface area contributed by atoms with Gasteiger partial charge in [0.25, 0.3) is 0 Å². The second kappa shape index (κ2) is 5.75. The molecule has 0 aliphatic heterocycles. The Morgan fingerprint density at radius 2 is 2.05 bits per heavy atom. The lowest BCUT2D eigenvalue weighted by molar-refractivity contribution is -0.120. The number of rotatable bonds is 4. The van der Waals surface area contributed by atoms with Crippen LogP contribution in [-0.4, -0.2) is 16.0 Å². The number of hydrogen-bond donors (Lipinski definition) is 1. The molecular formula is C16H15N3O2. The quantitative estimate of drug-likeness (QED) is 0.797. The first-order valence-electron chi connectivity index (χ1n) is 6.75. The van der Waals surface area contributed by atoms with E-state index in [-0.39, 0.29) is 12.3 Å².